The fourth-order valence-corrected chi connectivity index (χ4v) is 2.46. The van der Waals surface area contributed by atoms with E-state index in [0.717, 1.165) is 15.0 Å². The van der Waals surface area contributed by atoms with E-state index in [0.29, 0.717) is 5.56 Å². The molecule has 0 bridgehead atoms. The van der Waals surface area contributed by atoms with Crippen LogP contribution in [0.4, 0.5) is 5.82 Å². The van der Waals surface area contributed by atoms with Crippen molar-refractivity contribution in [2.75, 3.05) is 5.32 Å². The molecular weight excluding hydrogens is 254 g/mol. The third kappa shape index (κ3) is 2.96. The second-order valence-electron chi connectivity index (χ2n) is 3.55. The number of nitrogens with one attached hydrogen (secondary N) is 1. The molecule has 0 amide bonds. The molecule has 0 fully saturated rings. The van der Waals surface area contributed by atoms with Crippen LogP contribution in [0.5, 0.6) is 0 Å². The van der Waals surface area contributed by atoms with E-state index >= 15 is 0 Å². The van der Waals surface area contributed by atoms with Gasteiger partial charge in [-0.15, -0.1) is 11.3 Å². The van der Waals surface area contributed by atoms with Gasteiger partial charge in [0.25, 0.3) is 0 Å². The molecule has 0 aliphatic carbocycles. The summed E-state index contributed by atoms with van der Waals surface area (Å²) >= 11 is 7.43. The van der Waals surface area contributed by atoms with Crippen molar-refractivity contribution in [1.82, 2.24) is 4.98 Å². The van der Waals surface area contributed by atoms with Gasteiger partial charge in [0.2, 0.25) is 0 Å². The molecule has 2 aromatic rings. The summed E-state index contributed by atoms with van der Waals surface area (Å²) in [6.45, 7) is 2.04. The summed E-state index contributed by atoms with van der Waals surface area (Å²) in [7, 11) is 0. The molecule has 0 aromatic carbocycles. The molecule has 0 aliphatic heterocycles. The maximum Gasteiger partial charge on any atom is 0.126 e. The van der Waals surface area contributed by atoms with Crippen LogP contribution in [0.3, 0.4) is 0 Å². The molecule has 1 atom stereocenters. The van der Waals surface area contributed by atoms with Crippen molar-refractivity contribution in [3.05, 3.63) is 45.2 Å². The SMILES string of the molecule is CC(Nc1ccc(C#N)cn1)c1ccc(Cl)s1. The van der Waals surface area contributed by atoms with Gasteiger partial charge in [-0.2, -0.15) is 5.26 Å². The molecule has 1 N–H and O–H groups in total. The van der Waals surface area contributed by atoms with Gasteiger partial charge in [0.05, 0.1) is 15.9 Å². The molecule has 86 valence electrons. The predicted octanol–water partition coefficient (Wildman–Crippen LogP) is 3.84. The van der Waals surface area contributed by atoms with Crippen LogP contribution < -0.4 is 5.32 Å². The smallest absolute Gasteiger partial charge is 0.126 e. The Kier molecular flexibility index (Phi) is 3.62. The Morgan fingerprint density at radius 1 is 1.41 bits per heavy atom. The van der Waals surface area contributed by atoms with Crippen LogP contribution in [0, 0.1) is 11.3 Å². The van der Waals surface area contributed by atoms with E-state index in [4.69, 9.17) is 16.9 Å². The Balaban J connectivity index is 2.08. The van der Waals surface area contributed by atoms with Gasteiger partial charge in [0, 0.05) is 11.1 Å². The highest BCUT2D eigenvalue weighted by atomic mass is 35.5. The summed E-state index contributed by atoms with van der Waals surface area (Å²) in [5.41, 5.74) is 0.558. The molecule has 0 spiro atoms. The Labute approximate surface area is 109 Å². The number of hydrogen-bond acceptors (Lipinski definition) is 4. The van der Waals surface area contributed by atoms with Crippen LogP contribution in [-0.2, 0) is 0 Å². The number of thiophene rings is 1. The molecule has 1 unspecified atom stereocenters. The monoisotopic (exact) mass is 263 g/mol. The summed E-state index contributed by atoms with van der Waals surface area (Å²) in [6, 6.07) is 9.59. The van der Waals surface area contributed by atoms with Gasteiger partial charge in [0.1, 0.15) is 11.9 Å². The maximum absolute atomic E-state index is 8.67. The first-order valence-electron chi connectivity index (χ1n) is 5.07. The quantitative estimate of drug-likeness (QED) is 0.915. The van der Waals surface area contributed by atoms with Crippen molar-refractivity contribution >= 4 is 28.8 Å². The normalized spacial score (nSPS) is 11.8. The topological polar surface area (TPSA) is 48.7 Å². The van der Waals surface area contributed by atoms with Gasteiger partial charge in [-0.1, -0.05) is 11.6 Å². The third-order valence-corrected chi connectivity index (χ3v) is 3.69. The number of anilines is 1. The number of nitriles is 1. The molecule has 0 saturated carbocycles. The van der Waals surface area contributed by atoms with Gasteiger partial charge in [-0.25, -0.2) is 4.98 Å². The van der Waals surface area contributed by atoms with Gasteiger partial charge in [-0.3, -0.25) is 0 Å². The van der Waals surface area contributed by atoms with Crippen LogP contribution in [0.25, 0.3) is 0 Å². The van der Waals surface area contributed by atoms with Gasteiger partial charge in [0.15, 0.2) is 0 Å². The number of aromatic nitrogens is 1. The molecule has 2 rings (SSSR count). The zero-order chi connectivity index (χ0) is 12.3. The predicted molar refractivity (Wildman–Crippen MR) is 70.3 cm³/mol. The summed E-state index contributed by atoms with van der Waals surface area (Å²) in [5.74, 6) is 0.751. The van der Waals surface area contributed by atoms with Gasteiger partial charge < -0.3 is 5.32 Å². The first-order valence-corrected chi connectivity index (χ1v) is 6.26. The zero-order valence-corrected chi connectivity index (χ0v) is 10.7. The minimum atomic E-state index is 0.146. The maximum atomic E-state index is 8.67. The van der Waals surface area contributed by atoms with Crippen LogP contribution in [-0.4, -0.2) is 4.98 Å². The van der Waals surface area contributed by atoms with E-state index in [1.165, 1.54) is 0 Å². The van der Waals surface area contributed by atoms with Crippen LogP contribution in [0.15, 0.2) is 30.5 Å². The minimum Gasteiger partial charge on any atom is -0.363 e. The Bertz CT molecular complexity index is 542. The Morgan fingerprint density at radius 3 is 2.76 bits per heavy atom. The first kappa shape index (κ1) is 11.9. The van der Waals surface area contributed by atoms with E-state index < -0.39 is 0 Å². The van der Waals surface area contributed by atoms with Crippen molar-refractivity contribution in [3.63, 3.8) is 0 Å². The third-order valence-electron chi connectivity index (χ3n) is 2.28. The number of hydrogen-bond donors (Lipinski definition) is 1. The lowest BCUT2D eigenvalue weighted by molar-refractivity contribution is 0.896. The van der Waals surface area contributed by atoms with E-state index in [1.807, 2.05) is 25.1 Å². The van der Waals surface area contributed by atoms with Crippen LogP contribution in [0.1, 0.15) is 23.4 Å². The molecule has 2 aromatic heterocycles. The lowest BCUT2D eigenvalue weighted by Gasteiger charge is -2.12. The number of pyridine rings is 1. The zero-order valence-electron chi connectivity index (χ0n) is 9.14. The highest BCUT2D eigenvalue weighted by Crippen LogP contribution is 2.28. The molecule has 0 radical (unpaired) electrons. The molecule has 17 heavy (non-hydrogen) atoms. The fourth-order valence-electron chi connectivity index (χ4n) is 1.40. The summed E-state index contributed by atoms with van der Waals surface area (Å²) in [4.78, 5) is 5.31. The van der Waals surface area contributed by atoms with Crippen molar-refractivity contribution in [3.8, 4) is 6.07 Å². The molecule has 3 nitrogen and oxygen atoms in total. The molecular formula is C12H10ClN3S. The summed E-state index contributed by atoms with van der Waals surface area (Å²) in [5, 5.41) is 11.9. The summed E-state index contributed by atoms with van der Waals surface area (Å²) in [6.07, 6.45) is 1.55. The van der Waals surface area contributed by atoms with E-state index in [9.17, 15) is 0 Å². The fraction of sp³-hybridized carbons (Fsp3) is 0.167. The number of halogens is 1. The van der Waals surface area contributed by atoms with E-state index in [1.54, 1.807) is 29.7 Å². The lowest BCUT2D eigenvalue weighted by Crippen LogP contribution is -2.06. The Hall–Kier alpha value is -1.57. The number of nitrogens with zero attached hydrogens (tertiary/aromatic N) is 2. The standard InChI is InChI=1S/C12H10ClN3S/c1-8(10-3-4-11(13)17-10)16-12-5-2-9(6-14)7-15-12/h2-5,7-8H,1H3,(H,15,16). The van der Waals surface area contributed by atoms with E-state index in [-0.39, 0.29) is 6.04 Å². The van der Waals surface area contributed by atoms with Crippen LogP contribution >= 0.6 is 22.9 Å². The summed E-state index contributed by atoms with van der Waals surface area (Å²) < 4.78 is 0.779. The minimum absolute atomic E-state index is 0.146. The molecule has 0 saturated heterocycles. The second-order valence-corrected chi connectivity index (χ2v) is 5.30. The average molecular weight is 264 g/mol. The highest BCUT2D eigenvalue weighted by molar-refractivity contribution is 7.16. The lowest BCUT2D eigenvalue weighted by atomic mass is 10.2. The molecule has 5 heteroatoms. The van der Waals surface area contributed by atoms with E-state index in [2.05, 4.69) is 10.3 Å². The van der Waals surface area contributed by atoms with Crippen LogP contribution in [0.2, 0.25) is 4.34 Å². The first-order chi connectivity index (χ1) is 8.19. The molecule has 0 aliphatic rings. The van der Waals surface area contributed by atoms with Crippen molar-refractivity contribution in [2.45, 2.75) is 13.0 Å². The average Bonchev–Trinajstić information content (AvgIpc) is 2.77. The molecule has 2 heterocycles. The van der Waals surface area contributed by atoms with Gasteiger partial charge in [-0.05, 0) is 31.2 Å². The largest absolute Gasteiger partial charge is 0.363 e. The van der Waals surface area contributed by atoms with Crippen molar-refractivity contribution < 1.29 is 0 Å². The van der Waals surface area contributed by atoms with Crippen molar-refractivity contribution in [2.24, 2.45) is 0 Å². The highest BCUT2D eigenvalue weighted by Gasteiger charge is 2.08. The number of rotatable bonds is 3. The second kappa shape index (κ2) is 5.17. The van der Waals surface area contributed by atoms with Crippen molar-refractivity contribution in [1.29, 1.82) is 5.26 Å². The Morgan fingerprint density at radius 2 is 2.24 bits per heavy atom. The van der Waals surface area contributed by atoms with Gasteiger partial charge >= 0.3 is 0 Å².